The van der Waals surface area contributed by atoms with Gasteiger partial charge in [0, 0.05) is 17.0 Å². The van der Waals surface area contributed by atoms with Crippen molar-refractivity contribution >= 4 is 11.3 Å². The first-order valence-corrected chi connectivity index (χ1v) is 8.98. The molecule has 2 nitrogen and oxygen atoms in total. The third kappa shape index (κ3) is 5.94. The van der Waals surface area contributed by atoms with Crippen LogP contribution in [0.5, 0.6) is 0 Å². The summed E-state index contributed by atoms with van der Waals surface area (Å²) in [4.78, 5) is 3.97. The van der Waals surface area contributed by atoms with Crippen LogP contribution in [-0.2, 0) is 0 Å². The Hall–Kier alpha value is -0.380. The SMILES string of the molecule is CCN(CC)CCCC(C)NC(c1cccs1)C(C)C. The molecule has 0 aromatic carbocycles. The maximum atomic E-state index is 3.82. The largest absolute Gasteiger partial charge is 0.307 e. The van der Waals surface area contributed by atoms with E-state index in [1.54, 1.807) is 0 Å². The van der Waals surface area contributed by atoms with Crippen molar-refractivity contribution in [2.75, 3.05) is 19.6 Å². The summed E-state index contributed by atoms with van der Waals surface area (Å²) in [5.74, 6) is 0.638. The Morgan fingerprint density at radius 3 is 2.40 bits per heavy atom. The predicted molar refractivity (Wildman–Crippen MR) is 91.5 cm³/mol. The smallest absolute Gasteiger partial charge is 0.0440 e. The van der Waals surface area contributed by atoms with Crippen LogP contribution in [0, 0.1) is 5.92 Å². The average molecular weight is 297 g/mol. The van der Waals surface area contributed by atoms with Gasteiger partial charge in [0.2, 0.25) is 0 Å². The average Bonchev–Trinajstić information content (AvgIpc) is 2.94. The van der Waals surface area contributed by atoms with E-state index in [1.165, 1.54) is 37.4 Å². The minimum absolute atomic E-state index is 0.499. The normalized spacial score (nSPS) is 14.9. The van der Waals surface area contributed by atoms with Gasteiger partial charge in [-0.2, -0.15) is 0 Å². The van der Waals surface area contributed by atoms with Gasteiger partial charge in [0.1, 0.15) is 0 Å². The fourth-order valence-corrected chi connectivity index (χ4v) is 3.58. The van der Waals surface area contributed by atoms with E-state index in [4.69, 9.17) is 0 Å². The van der Waals surface area contributed by atoms with Crippen LogP contribution in [0.25, 0.3) is 0 Å². The lowest BCUT2D eigenvalue weighted by molar-refractivity contribution is 0.283. The molecule has 0 saturated heterocycles. The number of nitrogens with one attached hydrogen (secondary N) is 1. The summed E-state index contributed by atoms with van der Waals surface area (Å²) in [5.41, 5.74) is 0. The standard InChI is InChI=1S/C17H32N2S/c1-6-19(7-2)12-8-10-15(5)18-17(14(3)4)16-11-9-13-20-16/h9,11,13-15,17-18H,6-8,10,12H2,1-5H3. The first-order chi connectivity index (χ1) is 9.58. The molecule has 0 aliphatic rings. The monoisotopic (exact) mass is 296 g/mol. The highest BCUT2D eigenvalue weighted by molar-refractivity contribution is 7.10. The summed E-state index contributed by atoms with van der Waals surface area (Å²) < 4.78 is 0. The van der Waals surface area contributed by atoms with E-state index in [9.17, 15) is 0 Å². The van der Waals surface area contributed by atoms with Crippen molar-refractivity contribution in [2.24, 2.45) is 5.92 Å². The van der Waals surface area contributed by atoms with E-state index in [2.05, 4.69) is 62.3 Å². The quantitative estimate of drug-likeness (QED) is 0.681. The van der Waals surface area contributed by atoms with Crippen molar-refractivity contribution in [3.05, 3.63) is 22.4 Å². The molecule has 1 rings (SSSR count). The summed E-state index contributed by atoms with van der Waals surface area (Å²) in [6, 6.07) is 5.49. The van der Waals surface area contributed by atoms with E-state index in [0.29, 0.717) is 18.0 Å². The Morgan fingerprint density at radius 2 is 1.90 bits per heavy atom. The molecule has 3 heteroatoms. The molecule has 1 heterocycles. The minimum Gasteiger partial charge on any atom is -0.307 e. The predicted octanol–water partition coefficient (Wildman–Crippen LogP) is 4.55. The van der Waals surface area contributed by atoms with Crippen LogP contribution >= 0.6 is 11.3 Å². The molecule has 0 fully saturated rings. The number of hydrogen-bond acceptors (Lipinski definition) is 3. The van der Waals surface area contributed by atoms with E-state index < -0.39 is 0 Å². The van der Waals surface area contributed by atoms with Crippen LogP contribution in [0.4, 0.5) is 0 Å². The van der Waals surface area contributed by atoms with Crippen molar-refractivity contribution in [3.63, 3.8) is 0 Å². The van der Waals surface area contributed by atoms with Crippen molar-refractivity contribution in [2.45, 2.75) is 59.5 Å². The summed E-state index contributed by atoms with van der Waals surface area (Å²) in [5, 5.41) is 6.00. The van der Waals surface area contributed by atoms with Crippen LogP contribution in [0.1, 0.15) is 58.4 Å². The molecular formula is C17H32N2S. The van der Waals surface area contributed by atoms with E-state index in [0.717, 1.165) is 0 Å². The first-order valence-electron chi connectivity index (χ1n) is 8.10. The number of hydrogen-bond donors (Lipinski definition) is 1. The van der Waals surface area contributed by atoms with E-state index in [1.807, 2.05) is 11.3 Å². The third-order valence-electron chi connectivity index (χ3n) is 3.99. The van der Waals surface area contributed by atoms with Gasteiger partial charge in [-0.25, -0.2) is 0 Å². The summed E-state index contributed by atoms with van der Waals surface area (Å²) >= 11 is 1.87. The number of rotatable bonds is 10. The Bertz CT molecular complexity index is 331. The van der Waals surface area contributed by atoms with Crippen LogP contribution < -0.4 is 5.32 Å². The molecule has 1 aromatic heterocycles. The molecule has 0 spiro atoms. The fraction of sp³-hybridized carbons (Fsp3) is 0.765. The zero-order valence-electron chi connectivity index (χ0n) is 13.9. The lowest BCUT2D eigenvalue weighted by atomic mass is 10.0. The Balaban J connectivity index is 2.37. The highest BCUT2D eigenvalue weighted by atomic mass is 32.1. The van der Waals surface area contributed by atoms with E-state index >= 15 is 0 Å². The second-order valence-electron chi connectivity index (χ2n) is 5.97. The van der Waals surface area contributed by atoms with Gasteiger partial charge < -0.3 is 10.2 Å². The Kier molecular flexibility index (Phi) is 8.43. The van der Waals surface area contributed by atoms with Crippen LogP contribution in [0.2, 0.25) is 0 Å². The molecule has 0 aliphatic heterocycles. The van der Waals surface area contributed by atoms with Crippen molar-refractivity contribution in [3.8, 4) is 0 Å². The summed E-state index contributed by atoms with van der Waals surface area (Å²) in [6.07, 6.45) is 2.54. The Morgan fingerprint density at radius 1 is 1.20 bits per heavy atom. The zero-order valence-corrected chi connectivity index (χ0v) is 14.7. The second-order valence-corrected chi connectivity index (χ2v) is 6.95. The van der Waals surface area contributed by atoms with Gasteiger partial charge in [-0.05, 0) is 56.8 Å². The molecule has 20 heavy (non-hydrogen) atoms. The van der Waals surface area contributed by atoms with Gasteiger partial charge in [-0.3, -0.25) is 0 Å². The maximum Gasteiger partial charge on any atom is 0.0440 e. The first kappa shape index (κ1) is 17.7. The molecule has 0 radical (unpaired) electrons. The molecule has 1 N–H and O–H groups in total. The number of thiophene rings is 1. The summed E-state index contributed by atoms with van der Waals surface area (Å²) in [7, 11) is 0. The maximum absolute atomic E-state index is 3.82. The third-order valence-corrected chi connectivity index (χ3v) is 4.94. The summed E-state index contributed by atoms with van der Waals surface area (Å²) in [6.45, 7) is 15.0. The highest BCUT2D eigenvalue weighted by Gasteiger charge is 2.18. The second kappa shape index (κ2) is 9.54. The molecule has 2 atom stereocenters. The van der Waals surface area contributed by atoms with Gasteiger partial charge >= 0.3 is 0 Å². The molecule has 0 amide bonds. The molecule has 1 aromatic rings. The number of nitrogens with zero attached hydrogens (tertiary/aromatic N) is 1. The highest BCUT2D eigenvalue weighted by Crippen LogP contribution is 2.26. The molecular weight excluding hydrogens is 264 g/mol. The molecule has 116 valence electrons. The molecule has 0 aliphatic carbocycles. The van der Waals surface area contributed by atoms with Gasteiger partial charge in [0.25, 0.3) is 0 Å². The van der Waals surface area contributed by atoms with Gasteiger partial charge in [-0.1, -0.05) is 33.8 Å². The van der Waals surface area contributed by atoms with Crippen molar-refractivity contribution < 1.29 is 0 Å². The molecule has 2 unspecified atom stereocenters. The topological polar surface area (TPSA) is 15.3 Å². The van der Waals surface area contributed by atoms with Gasteiger partial charge in [0.15, 0.2) is 0 Å². The lowest BCUT2D eigenvalue weighted by Crippen LogP contribution is -2.34. The van der Waals surface area contributed by atoms with Crippen LogP contribution in [0.15, 0.2) is 17.5 Å². The molecule has 0 saturated carbocycles. The van der Waals surface area contributed by atoms with E-state index in [-0.39, 0.29) is 0 Å². The van der Waals surface area contributed by atoms with Gasteiger partial charge in [-0.15, -0.1) is 11.3 Å². The van der Waals surface area contributed by atoms with Gasteiger partial charge in [0.05, 0.1) is 0 Å². The Labute approximate surface area is 129 Å². The lowest BCUT2D eigenvalue weighted by Gasteiger charge is -2.26. The van der Waals surface area contributed by atoms with Crippen LogP contribution in [-0.4, -0.2) is 30.6 Å². The minimum atomic E-state index is 0.499. The van der Waals surface area contributed by atoms with Crippen molar-refractivity contribution in [1.82, 2.24) is 10.2 Å². The fourth-order valence-electron chi connectivity index (χ4n) is 2.62. The molecule has 0 bridgehead atoms. The zero-order chi connectivity index (χ0) is 15.0. The van der Waals surface area contributed by atoms with Crippen LogP contribution in [0.3, 0.4) is 0 Å². The van der Waals surface area contributed by atoms with Crippen molar-refractivity contribution in [1.29, 1.82) is 0 Å².